The molecule has 0 fully saturated rings. The van der Waals surface area contributed by atoms with Crippen LogP contribution in [0.2, 0.25) is 0 Å². The molecule has 1 rings (SSSR count). The van der Waals surface area contributed by atoms with E-state index in [2.05, 4.69) is 14.5 Å². The zero-order chi connectivity index (χ0) is 10.7. The Bertz CT molecular complexity index is 369. The Balaban J connectivity index is 3.05. The Morgan fingerprint density at radius 3 is 2.50 bits per heavy atom. The smallest absolute Gasteiger partial charge is 0.419 e. The maximum absolute atomic E-state index is 11.1. The number of nitrogens with zero attached hydrogens (tertiary/aromatic N) is 2. The van der Waals surface area contributed by atoms with E-state index in [-0.39, 0.29) is 5.69 Å². The van der Waals surface area contributed by atoms with E-state index in [1.165, 1.54) is 20.4 Å². The molecule has 0 unspecified atom stereocenters. The average molecular weight is 198 g/mol. The first kappa shape index (κ1) is 10.2. The number of ether oxygens (including phenoxy) is 2. The van der Waals surface area contributed by atoms with E-state index in [0.717, 1.165) is 4.57 Å². The Morgan fingerprint density at radius 1 is 1.36 bits per heavy atom. The van der Waals surface area contributed by atoms with Gasteiger partial charge < -0.3 is 9.47 Å². The van der Waals surface area contributed by atoms with Crippen LogP contribution in [0.1, 0.15) is 16.3 Å². The SMILES string of the molecule is COC(=O)c1cn(C(=O)OC)c(C)n1. The topological polar surface area (TPSA) is 70.4 Å². The van der Waals surface area contributed by atoms with E-state index in [1.54, 1.807) is 6.92 Å². The minimum absolute atomic E-state index is 0.0791. The van der Waals surface area contributed by atoms with Crippen molar-refractivity contribution < 1.29 is 19.1 Å². The van der Waals surface area contributed by atoms with Crippen LogP contribution in [0.3, 0.4) is 0 Å². The molecule has 0 saturated heterocycles. The molecule has 76 valence electrons. The van der Waals surface area contributed by atoms with Crippen LogP contribution < -0.4 is 0 Å². The molecule has 0 amide bonds. The van der Waals surface area contributed by atoms with Crippen molar-refractivity contribution in [3.63, 3.8) is 0 Å². The summed E-state index contributed by atoms with van der Waals surface area (Å²) in [7, 11) is 2.49. The van der Waals surface area contributed by atoms with Gasteiger partial charge in [-0.1, -0.05) is 0 Å². The Labute approximate surface area is 80.4 Å². The summed E-state index contributed by atoms with van der Waals surface area (Å²) in [5.74, 6) is -0.215. The zero-order valence-corrected chi connectivity index (χ0v) is 8.10. The van der Waals surface area contributed by atoms with Crippen molar-refractivity contribution in [3.8, 4) is 0 Å². The fourth-order valence-electron chi connectivity index (χ4n) is 0.959. The van der Waals surface area contributed by atoms with Gasteiger partial charge in [0.1, 0.15) is 5.82 Å². The highest BCUT2D eigenvalue weighted by Crippen LogP contribution is 2.04. The van der Waals surface area contributed by atoms with Crippen LogP contribution in [0.25, 0.3) is 0 Å². The number of aromatic nitrogens is 2. The summed E-state index contributed by atoms with van der Waals surface area (Å²) in [6.07, 6.45) is 0.678. The molecule has 14 heavy (non-hydrogen) atoms. The third-order valence-corrected chi connectivity index (χ3v) is 1.65. The highest BCUT2D eigenvalue weighted by molar-refractivity contribution is 5.88. The Kier molecular flexibility index (Phi) is 2.85. The number of esters is 1. The second kappa shape index (κ2) is 3.91. The highest BCUT2D eigenvalue weighted by Gasteiger charge is 2.15. The van der Waals surface area contributed by atoms with Gasteiger partial charge in [-0.15, -0.1) is 0 Å². The van der Waals surface area contributed by atoms with E-state index in [4.69, 9.17) is 0 Å². The van der Waals surface area contributed by atoms with Crippen molar-refractivity contribution >= 4 is 12.1 Å². The summed E-state index contributed by atoms with van der Waals surface area (Å²) in [6.45, 7) is 1.59. The molecule has 1 aromatic heterocycles. The van der Waals surface area contributed by atoms with Crippen molar-refractivity contribution in [1.82, 2.24) is 9.55 Å². The fraction of sp³-hybridized carbons (Fsp3) is 0.375. The molecule has 1 heterocycles. The van der Waals surface area contributed by atoms with E-state index in [0.29, 0.717) is 5.82 Å². The molecule has 6 heteroatoms. The van der Waals surface area contributed by atoms with Crippen LogP contribution in [0, 0.1) is 6.92 Å². The quantitative estimate of drug-likeness (QED) is 0.617. The predicted octanol–water partition coefficient (Wildman–Crippen LogP) is 0.593. The first-order chi connectivity index (χ1) is 6.60. The number of aryl methyl sites for hydroxylation is 1. The molecular weight excluding hydrogens is 188 g/mol. The maximum Gasteiger partial charge on any atom is 0.419 e. The van der Waals surface area contributed by atoms with Gasteiger partial charge in [-0.05, 0) is 6.92 Å². The van der Waals surface area contributed by atoms with Gasteiger partial charge in [0.2, 0.25) is 0 Å². The summed E-state index contributed by atoms with van der Waals surface area (Å²) >= 11 is 0. The van der Waals surface area contributed by atoms with Crippen LogP contribution in [0.15, 0.2) is 6.20 Å². The molecule has 0 aliphatic carbocycles. The molecule has 0 radical (unpaired) electrons. The standard InChI is InChI=1S/C8H10N2O4/c1-5-9-6(7(11)13-2)4-10(5)8(12)14-3/h4H,1-3H3. The predicted molar refractivity (Wildman–Crippen MR) is 46.1 cm³/mol. The van der Waals surface area contributed by atoms with E-state index in [1.807, 2.05) is 0 Å². The molecule has 0 aromatic carbocycles. The van der Waals surface area contributed by atoms with Gasteiger partial charge in [-0.25, -0.2) is 19.1 Å². The van der Waals surface area contributed by atoms with Crippen LogP contribution in [0.4, 0.5) is 4.79 Å². The number of imidazole rings is 1. The first-order valence-electron chi connectivity index (χ1n) is 3.82. The number of hydrogen-bond donors (Lipinski definition) is 0. The summed E-state index contributed by atoms with van der Waals surface area (Å²) in [5, 5.41) is 0. The molecular formula is C8H10N2O4. The van der Waals surface area contributed by atoms with Crippen molar-refractivity contribution in [2.45, 2.75) is 6.92 Å². The average Bonchev–Trinajstić information content (AvgIpc) is 2.58. The Hall–Kier alpha value is -1.85. The molecule has 0 aliphatic rings. The number of carbonyl (C=O) groups is 2. The van der Waals surface area contributed by atoms with E-state index < -0.39 is 12.1 Å². The third kappa shape index (κ3) is 1.73. The van der Waals surface area contributed by atoms with Crippen molar-refractivity contribution in [1.29, 1.82) is 0 Å². The molecule has 0 bridgehead atoms. The van der Waals surface area contributed by atoms with Crippen LogP contribution in [-0.2, 0) is 9.47 Å². The van der Waals surface area contributed by atoms with Gasteiger partial charge in [0.25, 0.3) is 0 Å². The minimum Gasteiger partial charge on any atom is -0.464 e. The number of carbonyl (C=O) groups excluding carboxylic acids is 2. The molecule has 6 nitrogen and oxygen atoms in total. The van der Waals surface area contributed by atoms with Gasteiger partial charge in [0.15, 0.2) is 5.69 Å². The van der Waals surface area contributed by atoms with Crippen molar-refractivity contribution in [2.24, 2.45) is 0 Å². The molecule has 0 saturated carbocycles. The maximum atomic E-state index is 11.1. The molecule has 1 aromatic rings. The van der Waals surface area contributed by atoms with Gasteiger partial charge >= 0.3 is 12.1 Å². The lowest BCUT2D eigenvalue weighted by Gasteiger charge is -1.98. The lowest BCUT2D eigenvalue weighted by molar-refractivity contribution is 0.0594. The highest BCUT2D eigenvalue weighted by atomic mass is 16.5. The van der Waals surface area contributed by atoms with Crippen LogP contribution in [-0.4, -0.2) is 35.8 Å². The van der Waals surface area contributed by atoms with Gasteiger partial charge in [0.05, 0.1) is 20.4 Å². The Morgan fingerprint density at radius 2 is 2.00 bits per heavy atom. The number of methoxy groups -OCH3 is 2. The third-order valence-electron chi connectivity index (χ3n) is 1.65. The molecule has 0 atom stereocenters. The van der Waals surface area contributed by atoms with Crippen LogP contribution >= 0.6 is 0 Å². The molecule has 0 N–H and O–H groups in total. The van der Waals surface area contributed by atoms with Crippen molar-refractivity contribution in [3.05, 3.63) is 17.7 Å². The molecule has 0 spiro atoms. The fourth-order valence-corrected chi connectivity index (χ4v) is 0.959. The van der Waals surface area contributed by atoms with E-state index in [9.17, 15) is 9.59 Å². The van der Waals surface area contributed by atoms with Gasteiger partial charge in [-0.2, -0.15) is 0 Å². The second-order valence-electron chi connectivity index (χ2n) is 2.50. The van der Waals surface area contributed by atoms with Gasteiger partial charge in [0, 0.05) is 0 Å². The monoisotopic (exact) mass is 198 g/mol. The molecule has 0 aliphatic heterocycles. The van der Waals surface area contributed by atoms with Crippen LogP contribution in [0.5, 0.6) is 0 Å². The van der Waals surface area contributed by atoms with Crippen molar-refractivity contribution in [2.75, 3.05) is 14.2 Å². The first-order valence-corrected chi connectivity index (χ1v) is 3.82. The summed E-state index contributed by atoms with van der Waals surface area (Å²) in [4.78, 5) is 26.0. The van der Waals surface area contributed by atoms with Gasteiger partial charge in [-0.3, -0.25) is 0 Å². The van der Waals surface area contributed by atoms with E-state index >= 15 is 0 Å². The summed E-state index contributed by atoms with van der Waals surface area (Å²) in [5.41, 5.74) is 0.0791. The number of rotatable bonds is 1. The second-order valence-corrected chi connectivity index (χ2v) is 2.50. The zero-order valence-electron chi connectivity index (χ0n) is 8.10. The summed E-state index contributed by atoms with van der Waals surface area (Å²) < 4.78 is 10.1. The lowest BCUT2D eigenvalue weighted by Crippen LogP contribution is -2.11. The lowest BCUT2D eigenvalue weighted by atomic mass is 10.5. The minimum atomic E-state index is -0.592. The largest absolute Gasteiger partial charge is 0.464 e. The number of hydrogen-bond acceptors (Lipinski definition) is 5. The normalized spacial score (nSPS) is 9.64. The summed E-state index contributed by atoms with van der Waals surface area (Å²) in [6, 6.07) is 0.